The Labute approximate surface area is 138 Å². The van der Waals surface area contributed by atoms with Gasteiger partial charge < -0.3 is 10.1 Å². The lowest BCUT2D eigenvalue weighted by atomic mass is 10.3. The maximum atomic E-state index is 12.2. The van der Waals surface area contributed by atoms with Crippen molar-refractivity contribution >= 4 is 15.9 Å². The molecule has 1 fully saturated rings. The van der Waals surface area contributed by atoms with Gasteiger partial charge in [0.25, 0.3) is 11.5 Å². The molecule has 1 atom stereocenters. The zero-order chi connectivity index (χ0) is 18.1. The Morgan fingerprint density at radius 3 is 2.62 bits per heavy atom. The van der Waals surface area contributed by atoms with Crippen molar-refractivity contribution in [2.45, 2.75) is 6.10 Å². The molecule has 1 saturated heterocycles. The van der Waals surface area contributed by atoms with Crippen molar-refractivity contribution in [1.82, 2.24) is 18.8 Å². The Hall–Kier alpha value is -1.98. The average molecular weight is 360 g/mol. The van der Waals surface area contributed by atoms with Crippen molar-refractivity contribution in [2.24, 2.45) is 14.1 Å². The van der Waals surface area contributed by atoms with Crippen LogP contribution in [0.2, 0.25) is 0 Å². The number of rotatable bonds is 4. The highest BCUT2D eigenvalue weighted by molar-refractivity contribution is 7.88. The van der Waals surface area contributed by atoms with Crippen molar-refractivity contribution in [3.63, 3.8) is 0 Å². The molecule has 10 nitrogen and oxygen atoms in total. The molecular formula is C13H20N4O6S. The van der Waals surface area contributed by atoms with Gasteiger partial charge in [-0.2, -0.15) is 4.31 Å². The van der Waals surface area contributed by atoms with Crippen molar-refractivity contribution < 1.29 is 17.9 Å². The van der Waals surface area contributed by atoms with Gasteiger partial charge in [-0.05, 0) is 0 Å². The minimum absolute atomic E-state index is 0.0637. The van der Waals surface area contributed by atoms with E-state index in [4.69, 9.17) is 4.74 Å². The third-order valence-corrected chi connectivity index (χ3v) is 5.09. The van der Waals surface area contributed by atoms with E-state index < -0.39 is 33.3 Å². The number of nitrogens with one attached hydrogen (secondary N) is 1. The van der Waals surface area contributed by atoms with Gasteiger partial charge in [0.15, 0.2) is 0 Å². The summed E-state index contributed by atoms with van der Waals surface area (Å²) in [4.78, 5) is 35.7. The summed E-state index contributed by atoms with van der Waals surface area (Å²) in [6.45, 7) is 0.702. The molecule has 0 radical (unpaired) electrons. The Morgan fingerprint density at radius 2 is 2.00 bits per heavy atom. The highest BCUT2D eigenvalue weighted by Gasteiger charge is 2.27. The molecule has 1 aliphatic heterocycles. The average Bonchev–Trinajstić information content (AvgIpc) is 2.53. The normalized spacial score (nSPS) is 19.2. The van der Waals surface area contributed by atoms with Crippen molar-refractivity contribution in [1.29, 1.82) is 0 Å². The number of ether oxygens (including phenoxy) is 1. The maximum absolute atomic E-state index is 12.2. The SMILES string of the molecule is Cn1c(C(=O)NCC2CN(S(C)(=O)=O)CCO2)cc(=O)n(C)c1=O. The minimum Gasteiger partial charge on any atom is -0.374 e. The van der Waals surface area contributed by atoms with Gasteiger partial charge in [-0.15, -0.1) is 0 Å². The summed E-state index contributed by atoms with van der Waals surface area (Å²) >= 11 is 0. The van der Waals surface area contributed by atoms with Gasteiger partial charge in [-0.3, -0.25) is 18.7 Å². The number of hydrogen-bond donors (Lipinski definition) is 1. The van der Waals surface area contributed by atoms with Crippen LogP contribution in [0.1, 0.15) is 10.5 Å². The lowest BCUT2D eigenvalue weighted by Gasteiger charge is -2.31. The molecule has 1 amide bonds. The molecule has 134 valence electrons. The molecule has 1 aromatic rings. The van der Waals surface area contributed by atoms with Crippen LogP contribution in [-0.2, 0) is 28.9 Å². The number of amides is 1. The molecule has 0 bridgehead atoms. The van der Waals surface area contributed by atoms with E-state index in [1.807, 2.05) is 0 Å². The second kappa shape index (κ2) is 6.87. The molecule has 0 saturated carbocycles. The first-order valence-corrected chi connectivity index (χ1v) is 9.08. The van der Waals surface area contributed by atoms with Crippen LogP contribution in [0.5, 0.6) is 0 Å². The van der Waals surface area contributed by atoms with Crippen LogP contribution in [0.25, 0.3) is 0 Å². The predicted molar refractivity (Wildman–Crippen MR) is 85.4 cm³/mol. The molecule has 24 heavy (non-hydrogen) atoms. The number of carbonyl (C=O) groups is 1. The molecule has 0 spiro atoms. The molecule has 1 N–H and O–H groups in total. The molecule has 0 aromatic carbocycles. The van der Waals surface area contributed by atoms with E-state index in [2.05, 4.69) is 5.32 Å². The van der Waals surface area contributed by atoms with Crippen LogP contribution >= 0.6 is 0 Å². The Morgan fingerprint density at radius 1 is 1.33 bits per heavy atom. The lowest BCUT2D eigenvalue weighted by molar-refractivity contribution is 0.000386. The topological polar surface area (TPSA) is 120 Å². The Bertz CT molecular complexity index is 856. The van der Waals surface area contributed by atoms with Crippen LogP contribution in [0, 0.1) is 0 Å². The van der Waals surface area contributed by atoms with Gasteiger partial charge in [0.2, 0.25) is 10.0 Å². The second-order valence-electron chi connectivity index (χ2n) is 5.59. The molecule has 11 heteroatoms. The summed E-state index contributed by atoms with van der Waals surface area (Å²) in [6, 6.07) is 1.07. The molecule has 1 aliphatic rings. The summed E-state index contributed by atoms with van der Waals surface area (Å²) in [7, 11) is -0.612. The first kappa shape index (κ1) is 18.4. The second-order valence-corrected chi connectivity index (χ2v) is 7.57. The summed E-state index contributed by atoms with van der Waals surface area (Å²) < 4.78 is 31.8. The van der Waals surface area contributed by atoms with Gasteiger partial charge in [-0.1, -0.05) is 0 Å². The van der Waals surface area contributed by atoms with Crippen LogP contribution in [-0.4, -0.2) is 66.4 Å². The number of hydrogen-bond acceptors (Lipinski definition) is 6. The third kappa shape index (κ3) is 3.91. The van der Waals surface area contributed by atoms with E-state index in [1.54, 1.807) is 0 Å². The molecule has 1 aromatic heterocycles. The Kier molecular flexibility index (Phi) is 5.26. The van der Waals surface area contributed by atoms with Crippen LogP contribution < -0.4 is 16.6 Å². The van der Waals surface area contributed by atoms with Gasteiger partial charge in [0, 0.05) is 39.8 Å². The number of nitrogens with zero attached hydrogens (tertiary/aromatic N) is 3. The number of aromatic nitrogens is 2. The number of morpholine rings is 1. The fourth-order valence-corrected chi connectivity index (χ4v) is 3.21. The van der Waals surface area contributed by atoms with E-state index >= 15 is 0 Å². The zero-order valence-corrected chi connectivity index (χ0v) is 14.5. The largest absolute Gasteiger partial charge is 0.374 e. The smallest absolute Gasteiger partial charge is 0.331 e. The van der Waals surface area contributed by atoms with Gasteiger partial charge in [-0.25, -0.2) is 13.2 Å². The molecular weight excluding hydrogens is 340 g/mol. The molecule has 2 heterocycles. The highest BCUT2D eigenvalue weighted by Crippen LogP contribution is 2.08. The van der Waals surface area contributed by atoms with Gasteiger partial charge in [0.05, 0.1) is 19.0 Å². The van der Waals surface area contributed by atoms with Gasteiger partial charge in [0.1, 0.15) is 5.69 Å². The molecule has 2 rings (SSSR count). The van der Waals surface area contributed by atoms with Crippen molar-refractivity contribution in [3.8, 4) is 0 Å². The van der Waals surface area contributed by atoms with Gasteiger partial charge >= 0.3 is 5.69 Å². The first-order chi connectivity index (χ1) is 11.1. The van der Waals surface area contributed by atoms with E-state index in [1.165, 1.54) is 18.4 Å². The molecule has 1 unspecified atom stereocenters. The summed E-state index contributed by atoms with van der Waals surface area (Å²) in [5.41, 5.74) is -1.26. The summed E-state index contributed by atoms with van der Waals surface area (Å²) in [5.74, 6) is -0.604. The fraction of sp³-hybridized carbons (Fsp3) is 0.615. The van der Waals surface area contributed by atoms with E-state index in [-0.39, 0.29) is 31.9 Å². The monoisotopic (exact) mass is 360 g/mol. The maximum Gasteiger partial charge on any atom is 0.331 e. The van der Waals surface area contributed by atoms with Crippen molar-refractivity contribution in [3.05, 3.63) is 32.6 Å². The highest BCUT2D eigenvalue weighted by atomic mass is 32.2. The van der Waals surface area contributed by atoms with Crippen LogP contribution in [0.4, 0.5) is 0 Å². The third-order valence-electron chi connectivity index (χ3n) is 3.82. The van der Waals surface area contributed by atoms with Crippen molar-refractivity contribution in [2.75, 3.05) is 32.5 Å². The van der Waals surface area contributed by atoms with E-state index in [0.29, 0.717) is 0 Å². The standard InChI is InChI=1S/C13H20N4O6S/c1-15-10(6-11(18)16(2)13(15)20)12(19)14-7-9-8-17(4-5-23-9)24(3,21)22/h6,9H,4-5,7-8H2,1-3H3,(H,14,19). The summed E-state index contributed by atoms with van der Waals surface area (Å²) in [6.07, 6.45) is 0.615. The fourth-order valence-electron chi connectivity index (χ4n) is 2.36. The quantitative estimate of drug-likeness (QED) is 0.632. The summed E-state index contributed by atoms with van der Waals surface area (Å²) in [5, 5.41) is 2.56. The Balaban J connectivity index is 2.07. The molecule has 0 aliphatic carbocycles. The van der Waals surface area contributed by atoms with E-state index in [9.17, 15) is 22.8 Å². The van der Waals surface area contributed by atoms with Crippen LogP contribution in [0.3, 0.4) is 0 Å². The minimum atomic E-state index is -3.32. The van der Waals surface area contributed by atoms with Crippen LogP contribution in [0.15, 0.2) is 15.7 Å². The predicted octanol–water partition coefficient (Wildman–Crippen LogP) is -2.53. The lowest BCUT2D eigenvalue weighted by Crippen LogP contribution is -2.49. The van der Waals surface area contributed by atoms with E-state index in [0.717, 1.165) is 21.5 Å². The number of sulfonamides is 1. The zero-order valence-electron chi connectivity index (χ0n) is 13.7. The first-order valence-electron chi connectivity index (χ1n) is 7.23. The number of carbonyl (C=O) groups excluding carboxylic acids is 1.